The molecule has 0 heterocycles. The Hall–Kier alpha value is -0.860. The van der Waals surface area contributed by atoms with Crippen molar-refractivity contribution in [1.29, 1.82) is 0 Å². The maximum Gasteiger partial charge on any atom is 0.0389 e. The second kappa shape index (κ2) is 3.95. The van der Waals surface area contributed by atoms with Gasteiger partial charge in [0.25, 0.3) is 0 Å². The van der Waals surface area contributed by atoms with Crippen LogP contribution in [0.5, 0.6) is 0 Å². The SMILES string of the molecule is CNC(c1ccccc1C)C1(CN)CC1. The first-order chi connectivity index (χ1) is 7.23. The van der Waals surface area contributed by atoms with Crippen molar-refractivity contribution in [1.82, 2.24) is 5.32 Å². The van der Waals surface area contributed by atoms with Gasteiger partial charge < -0.3 is 11.1 Å². The Morgan fingerprint density at radius 2 is 2.07 bits per heavy atom. The van der Waals surface area contributed by atoms with Gasteiger partial charge in [-0.2, -0.15) is 0 Å². The van der Waals surface area contributed by atoms with Crippen LogP contribution in [-0.4, -0.2) is 13.6 Å². The molecule has 1 aliphatic carbocycles. The summed E-state index contributed by atoms with van der Waals surface area (Å²) in [6.45, 7) is 2.96. The van der Waals surface area contributed by atoms with Gasteiger partial charge in [-0.25, -0.2) is 0 Å². The number of nitrogens with one attached hydrogen (secondary N) is 1. The number of benzene rings is 1. The summed E-state index contributed by atoms with van der Waals surface area (Å²) >= 11 is 0. The number of nitrogens with two attached hydrogens (primary N) is 1. The van der Waals surface area contributed by atoms with Gasteiger partial charge in [0.1, 0.15) is 0 Å². The summed E-state index contributed by atoms with van der Waals surface area (Å²) < 4.78 is 0. The summed E-state index contributed by atoms with van der Waals surface area (Å²) in [5, 5.41) is 3.43. The van der Waals surface area contributed by atoms with E-state index in [0.717, 1.165) is 6.54 Å². The van der Waals surface area contributed by atoms with Crippen LogP contribution >= 0.6 is 0 Å². The van der Waals surface area contributed by atoms with E-state index < -0.39 is 0 Å². The van der Waals surface area contributed by atoms with E-state index in [-0.39, 0.29) is 0 Å². The molecule has 1 unspecified atom stereocenters. The lowest BCUT2D eigenvalue weighted by molar-refractivity contribution is 0.365. The summed E-state index contributed by atoms with van der Waals surface area (Å²) in [5.41, 5.74) is 8.98. The Morgan fingerprint density at radius 3 is 2.53 bits per heavy atom. The molecule has 0 saturated heterocycles. The zero-order valence-electron chi connectivity index (χ0n) is 9.59. The highest BCUT2D eigenvalue weighted by Gasteiger charge is 2.48. The molecular weight excluding hydrogens is 184 g/mol. The van der Waals surface area contributed by atoms with E-state index >= 15 is 0 Å². The van der Waals surface area contributed by atoms with Gasteiger partial charge in [0.2, 0.25) is 0 Å². The fourth-order valence-corrected chi connectivity index (χ4v) is 2.47. The molecular formula is C13H20N2. The van der Waals surface area contributed by atoms with Gasteiger partial charge in [-0.3, -0.25) is 0 Å². The maximum absolute atomic E-state index is 5.89. The molecule has 1 saturated carbocycles. The lowest BCUT2D eigenvalue weighted by Gasteiger charge is -2.27. The van der Waals surface area contributed by atoms with Crippen LogP contribution in [0.3, 0.4) is 0 Å². The van der Waals surface area contributed by atoms with Crippen molar-refractivity contribution >= 4 is 0 Å². The second-order valence-electron chi connectivity index (χ2n) is 4.64. The number of hydrogen-bond acceptors (Lipinski definition) is 2. The number of aryl methyl sites for hydroxylation is 1. The van der Waals surface area contributed by atoms with Crippen LogP contribution in [0.4, 0.5) is 0 Å². The zero-order valence-corrected chi connectivity index (χ0v) is 9.59. The second-order valence-corrected chi connectivity index (χ2v) is 4.64. The molecule has 1 atom stereocenters. The van der Waals surface area contributed by atoms with Gasteiger partial charge in [-0.05, 0) is 44.5 Å². The minimum absolute atomic E-state index is 0.320. The fourth-order valence-electron chi connectivity index (χ4n) is 2.47. The number of hydrogen-bond donors (Lipinski definition) is 2. The molecule has 0 radical (unpaired) electrons. The maximum atomic E-state index is 5.89. The van der Waals surface area contributed by atoms with Gasteiger partial charge in [0, 0.05) is 11.5 Å². The van der Waals surface area contributed by atoms with E-state index in [2.05, 4.69) is 36.5 Å². The normalized spacial score (nSPS) is 19.9. The van der Waals surface area contributed by atoms with Gasteiger partial charge in [0.15, 0.2) is 0 Å². The smallest absolute Gasteiger partial charge is 0.0389 e. The Kier molecular flexibility index (Phi) is 2.81. The quantitative estimate of drug-likeness (QED) is 0.787. The molecule has 0 aromatic heterocycles. The van der Waals surface area contributed by atoms with Crippen molar-refractivity contribution in [2.24, 2.45) is 11.1 Å². The predicted molar refractivity (Wildman–Crippen MR) is 63.7 cm³/mol. The third kappa shape index (κ3) is 1.80. The van der Waals surface area contributed by atoms with E-state index in [0.29, 0.717) is 11.5 Å². The molecule has 2 rings (SSSR count). The molecule has 0 amide bonds. The Labute approximate surface area is 91.9 Å². The molecule has 1 fully saturated rings. The molecule has 1 aliphatic rings. The van der Waals surface area contributed by atoms with Crippen LogP contribution < -0.4 is 11.1 Å². The van der Waals surface area contributed by atoms with E-state index in [1.165, 1.54) is 24.0 Å². The van der Waals surface area contributed by atoms with E-state index in [4.69, 9.17) is 5.73 Å². The third-order valence-electron chi connectivity index (χ3n) is 3.70. The molecule has 2 nitrogen and oxygen atoms in total. The summed E-state index contributed by atoms with van der Waals surface area (Å²) in [6.07, 6.45) is 2.51. The average molecular weight is 204 g/mol. The zero-order chi connectivity index (χ0) is 10.9. The molecule has 15 heavy (non-hydrogen) atoms. The van der Waals surface area contributed by atoms with Crippen LogP contribution in [0.25, 0.3) is 0 Å². The summed E-state index contributed by atoms with van der Waals surface area (Å²) in [5.74, 6) is 0. The van der Waals surface area contributed by atoms with Crippen LogP contribution in [0.1, 0.15) is 30.0 Å². The highest BCUT2D eigenvalue weighted by atomic mass is 14.9. The van der Waals surface area contributed by atoms with Crippen molar-refractivity contribution < 1.29 is 0 Å². The summed E-state index contributed by atoms with van der Waals surface area (Å²) in [4.78, 5) is 0. The lowest BCUT2D eigenvalue weighted by atomic mass is 9.88. The van der Waals surface area contributed by atoms with Crippen LogP contribution in [0.2, 0.25) is 0 Å². The Bertz CT molecular complexity index is 342. The molecule has 1 aromatic rings. The largest absolute Gasteiger partial charge is 0.330 e. The minimum atomic E-state index is 0.320. The predicted octanol–water partition coefficient (Wildman–Crippen LogP) is 1.99. The molecule has 2 heteroatoms. The molecule has 1 aromatic carbocycles. The first-order valence-corrected chi connectivity index (χ1v) is 5.66. The monoisotopic (exact) mass is 204 g/mol. The van der Waals surface area contributed by atoms with E-state index in [1.54, 1.807) is 0 Å². The molecule has 82 valence electrons. The molecule has 0 spiro atoms. The van der Waals surface area contributed by atoms with Crippen LogP contribution in [0.15, 0.2) is 24.3 Å². The Balaban J connectivity index is 2.31. The van der Waals surface area contributed by atoms with Gasteiger partial charge in [-0.15, -0.1) is 0 Å². The average Bonchev–Trinajstić information content (AvgIpc) is 3.03. The number of rotatable bonds is 4. The first-order valence-electron chi connectivity index (χ1n) is 5.66. The molecule has 0 aliphatic heterocycles. The topological polar surface area (TPSA) is 38.0 Å². The summed E-state index contributed by atoms with van der Waals surface area (Å²) in [6, 6.07) is 9.01. The van der Waals surface area contributed by atoms with E-state index in [9.17, 15) is 0 Å². The van der Waals surface area contributed by atoms with Crippen molar-refractivity contribution in [2.75, 3.05) is 13.6 Å². The van der Waals surface area contributed by atoms with Gasteiger partial charge >= 0.3 is 0 Å². The summed E-state index contributed by atoms with van der Waals surface area (Å²) in [7, 11) is 2.03. The lowest BCUT2D eigenvalue weighted by Crippen LogP contribution is -2.32. The Morgan fingerprint density at radius 1 is 1.40 bits per heavy atom. The van der Waals surface area contributed by atoms with Gasteiger partial charge in [0.05, 0.1) is 0 Å². The van der Waals surface area contributed by atoms with Crippen molar-refractivity contribution in [3.05, 3.63) is 35.4 Å². The van der Waals surface area contributed by atoms with Crippen molar-refractivity contribution in [3.63, 3.8) is 0 Å². The highest BCUT2D eigenvalue weighted by Crippen LogP contribution is 2.54. The molecule has 0 bridgehead atoms. The van der Waals surface area contributed by atoms with Gasteiger partial charge in [-0.1, -0.05) is 24.3 Å². The first kappa shape index (κ1) is 10.7. The third-order valence-corrected chi connectivity index (χ3v) is 3.70. The molecule has 3 N–H and O–H groups in total. The fraction of sp³-hybridized carbons (Fsp3) is 0.538. The van der Waals surface area contributed by atoms with Crippen LogP contribution in [0, 0.1) is 12.3 Å². The van der Waals surface area contributed by atoms with Crippen LogP contribution in [-0.2, 0) is 0 Å². The minimum Gasteiger partial charge on any atom is -0.330 e. The van der Waals surface area contributed by atoms with Crippen molar-refractivity contribution in [2.45, 2.75) is 25.8 Å². The van der Waals surface area contributed by atoms with Crippen molar-refractivity contribution in [3.8, 4) is 0 Å². The highest BCUT2D eigenvalue weighted by molar-refractivity contribution is 5.32. The van der Waals surface area contributed by atoms with E-state index in [1.807, 2.05) is 7.05 Å². The standard InChI is InChI=1S/C13H20N2/c1-10-5-3-4-6-11(10)12(15-2)13(9-14)7-8-13/h3-6,12,15H,7-9,14H2,1-2H3.